The quantitative estimate of drug-likeness (QED) is 0.589. The molecule has 1 atom stereocenters. The zero-order valence-corrected chi connectivity index (χ0v) is 11.3. The summed E-state index contributed by atoms with van der Waals surface area (Å²) in [7, 11) is 0. The third-order valence-corrected chi connectivity index (χ3v) is 2.84. The van der Waals surface area contributed by atoms with E-state index in [1.807, 2.05) is 31.2 Å². The van der Waals surface area contributed by atoms with Gasteiger partial charge in [0, 0.05) is 11.6 Å². The van der Waals surface area contributed by atoms with Crippen molar-refractivity contribution in [3.8, 4) is 0 Å². The van der Waals surface area contributed by atoms with E-state index in [1.54, 1.807) is 6.08 Å². The molecular formula is C14H19ClN2O. The molecule has 0 bridgehead atoms. The van der Waals surface area contributed by atoms with Crippen LogP contribution in [0.2, 0.25) is 5.02 Å². The molecule has 0 radical (unpaired) electrons. The lowest BCUT2D eigenvalue weighted by atomic mass is 10.0. The lowest BCUT2D eigenvalue weighted by Crippen LogP contribution is -2.36. The Hall–Kier alpha value is -1.32. The zero-order valence-electron chi connectivity index (χ0n) is 10.6. The number of hydrogen-bond acceptors (Lipinski definition) is 2. The first-order valence-corrected chi connectivity index (χ1v) is 6.41. The Morgan fingerprint density at radius 1 is 1.44 bits per heavy atom. The number of carbonyl (C=O) groups excluding carboxylic acids is 1. The van der Waals surface area contributed by atoms with Crippen LogP contribution in [0.15, 0.2) is 36.9 Å². The van der Waals surface area contributed by atoms with Crippen LogP contribution in [-0.2, 0) is 4.79 Å². The summed E-state index contributed by atoms with van der Waals surface area (Å²) in [6, 6.07) is 7.57. The number of carbonyl (C=O) groups is 1. The topological polar surface area (TPSA) is 41.1 Å². The number of hydrogen-bond donors (Lipinski definition) is 2. The van der Waals surface area contributed by atoms with Crippen molar-refractivity contribution in [3.63, 3.8) is 0 Å². The van der Waals surface area contributed by atoms with Gasteiger partial charge in [0.25, 0.3) is 0 Å². The lowest BCUT2D eigenvalue weighted by molar-refractivity contribution is -0.121. The molecule has 0 saturated carbocycles. The van der Waals surface area contributed by atoms with Crippen LogP contribution >= 0.6 is 11.6 Å². The first kappa shape index (κ1) is 14.7. The summed E-state index contributed by atoms with van der Waals surface area (Å²) in [6.45, 7) is 6.55. The Balaban J connectivity index is 2.53. The third kappa shape index (κ3) is 4.90. The molecule has 0 aromatic heterocycles. The molecule has 0 heterocycles. The van der Waals surface area contributed by atoms with Gasteiger partial charge >= 0.3 is 0 Å². The summed E-state index contributed by atoms with van der Waals surface area (Å²) in [4.78, 5) is 11.7. The van der Waals surface area contributed by atoms with E-state index in [0.717, 1.165) is 12.0 Å². The van der Waals surface area contributed by atoms with Gasteiger partial charge in [-0.15, -0.1) is 6.58 Å². The van der Waals surface area contributed by atoms with Crippen molar-refractivity contribution >= 4 is 17.5 Å². The summed E-state index contributed by atoms with van der Waals surface area (Å²) in [6.07, 6.45) is 2.57. The first-order chi connectivity index (χ1) is 8.67. The largest absolute Gasteiger partial charge is 0.348 e. The van der Waals surface area contributed by atoms with E-state index < -0.39 is 0 Å². The Labute approximate surface area is 113 Å². The molecule has 18 heavy (non-hydrogen) atoms. The third-order valence-electron chi connectivity index (χ3n) is 2.59. The van der Waals surface area contributed by atoms with Crippen LogP contribution < -0.4 is 10.6 Å². The predicted molar refractivity (Wildman–Crippen MR) is 75.7 cm³/mol. The predicted octanol–water partition coefficient (Wildman–Crippen LogP) is 2.68. The maximum atomic E-state index is 11.7. The maximum absolute atomic E-state index is 11.7. The molecule has 1 rings (SSSR count). The van der Waals surface area contributed by atoms with E-state index in [9.17, 15) is 4.79 Å². The van der Waals surface area contributed by atoms with Crippen molar-refractivity contribution in [2.75, 3.05) is 13.1 Å². The smallest absolute Gasteiger partial charge is 0.234 e. The van der Waals surface area contributed by atoms with E-state index in [2.05, 4.69) is 17.2 Å². The van der Waals surface area contributed by atoms with Crippen LogP contribution in [0.3, 0.4) is 0 Å². The Morgan fingerprint density at radius 3 is 2.67 bits per heavy atom. The molecule has 0 aliphatic rings. The summed E-state index contributed by atoms with van der Waals surface area (Å²) >= 11 is 5.84. The molecule has 1 unspecified atom stereocenters. The van der Waals surface area contributed by atoms with Gasteiger partial charge < -0.3 is 10.6 Å². The van der Waals surface area contributed by atoms with E-state index in [4.69, 9.17) is 11.6 Å². The van der Waals surface area contributed by atoms with Gasteiger partial charge in [0.05, 0.1) is 12.6 Å². The van der Waals surface area contributed by atoms with E-state index in [-0.39, 0.29) is 11.9 Å². The molecule has 1 aromatic rings. The summed E-state index contributed by atoms with van der Waals surface area (Å²) in [5.41, 5.74) is 1.07. The Kier molecular flexibility index (Phi) is 6.47. The van der Waals surface area contributed by atoms with Gasteiger partial charge in [-0.1, -0.05) is 36.7 Å². The fourth-order valence-corrected chi connectivity index (χ4v) is 1.78. The van der Waals surface area contributed by atoms with Crippen LogP contribution in [0.5, 0.6) is 0 Å². The standard InChI is InChI=1S/C14H19ClN2O/c1-3-9-16-10-14(18)17-13(4-2)11-5-7-12(15)8-6-11/h3,5-8,13,16H,1,4,9-10H2,2H3,(H,17,18). The molecule has 0 saturated heterocycles. The van der Waals surface area contributed by atoms with Crippen LogP contribution in [0, 0.1) is 0 Å². The molecule has 2 N–H and O–H groups in total. The van der Waals surface area contributed by atoms with Crippen molar-refractivity contribution in [2.45, 2.75) is 19.4 Å². The minimum absolute atomic E-state index is 0.0151. The van der Waals surface area contributed by atoms with Crippen molar-refractivity contribution < 1.29 is 4.79 Å². The highest BCUT2D eigenvalue weighted by molar-refractivity contribution is 6.30. The monoisotopic (exact) mass is 266 g/mol. The first-order valence-electron chi connectivity index (χ1n) is 6.03. The van der Waals surface area contributed by atoms with Gasteiger partial charge in [-0.3, -0.25) is 4.79 Å². The highest BCUT2D eigenvalue weighted by Gasteiger charge is 2.11. The van der Waals surface area contributed by atoms with Gasteiger partial charge in [-0.05, 0) is 24.1 Å². The minimum atomic E-state index is -0.0151. The summed E-state index contributed by atoms with van der Waals surface area (Å²) in [5.74, 6) is -0.0151. The van der Waals surface area contributed by atoms with Crippen molar-refractivity contribution in [2.24, 2.45) is 0 Å². The van der Waals surface area contributed by atoms with E-state index in [0.29, 0.717) is 18.1 Å². The van der Waals surface area contributed by atoms with Gasteiger partial charge in [0.15, 0.2) is 0 Å². The SMILES string of the molecule is C=CCNCC(=O)NC(CC)c1ccc(Cl)cc1. The number of amides is 1. The molecular weight excluding hydrogens is 248 g/mol. The molecule has 3 nitrogen and oxygen atoms in total. The average Bonchev–Trinajstić information content (AvgIpc) is 2.37. The second-order valence-electron chi connectivity index (χ2n) is 4.00. The number of halogens is 1. The van der Waals surface area contributed by atoms with E-state index >= 15 is 0 Å². The molecule has 98 valence electrons. The molecule has 0 aliphatic carbocycles. The van der Waals surface area contributed by atoms with Crippen LogP contribution in [0.25, 0.3) is 0 Å². The normalized spacial score (nSPS) is 11.9. The fraction of sp³-hybridized carbons (Fsp3) is 0.357. The minimum Gasteiger partial charge on any atom is -0.348 e. The fourth-order valence-electron chi connectivity index (χ4n) is 1.65. The molecule has 1 aromatic carbocycles. The van der Waals surface area contributed by atoms with Crippen molar-refractivity contribution in [1.29, 1.82) is 0 Å². The van der Waals surface area contributed by atoms with E-state index in [1.165, 1.54) is 0 Å². The number of nitrogens with one attached hydrogen (secondary N) is 2. The van der Waals surface area contributed by atoms with Gasteiger partial charge in [0.2, 0.25) is 5.91 Å². The van der Waals surface area contributed by atoms with Gasteiger partial charge in [0.1, 0.15) is 0 Å². The molecule has 0 spiro atoms. The number of rotatable bonds is 7. The van der Waals surface area contributed by atoms with Crippen molar-refractivity contribution in [1.82, 2.24) is 10.6 Å². The van der Waals surface area contributed by atoms with Crippen LogP contribution in [0.4, 0.5) is 0 Å². The zero-order chi connectivity index (χ0) is 13.4. The summed E-state index contributed by atoms with van der Waals surface area (Å²) < 4.78 is 0. The second-order valence-corrected chi connectivity index (χ2v) is 4.44. The molecule has 0 fully saturated rings. The summed E-state index contributed by atoms with van der Waals surface area (Å²) in [5, 5.41) is 6.66. The highest BCUT2D eigenvalue weighted by atomic mass is 35.5. The molecule has 1 amide bonds. The maximum Gasteiger partial charge on any atom is 0.234 e. The Morgan fingerprint density at radius 2 is 2.11 bits per heavy atom. The lowest BCUT2D eigenvalue weighted by Gasteiger charge is -2.17. The Bertz CT molecular complexity index is 389. The van der Waals surface area contributed by atoms with Crippen LogP contribution in [0.1, 0.15) is 24.9 Å². The molecule has 0 aliphatic heterocycles. The van der Waals surface area contributed by atoms with Gasteiger partial charge in [-0.25, -0.2) is 0 Å². The molecule has 4 heteroatoms. The number of benzene rings is 1. The highest BCUT2D eigenvalue weighted by Crippen LogP contribution is 2.18. The second kappa shape index (κ2) is 7.90. The van der Waals surface area contributed by atoms with Crippen molar-refractivity contribution in [3.05, 3.63) is 47.5 Å². The van der Waals surface area contributed by atoms with Crippen LogP contribution in [-0.4, -0.2) is 19.0 Å². The van der Waals surface area contributed by atoms with Gasteiger partial charge in [-0.2, -0.15) is 0 Å². The average molecular weight is 267 g/mol.